The van der Waals surface area contributed by atoms with Crippen LogP contribution in [0.5, 0.6) is 0 Å². The van der Waals surface area contributed by atoms with E-state index in [4.69, 9.17) is 0 Å². The van der Waals surface area contributed by atoms with Gasteiger partial charge in [0.1, 0.15) is 12.7 Å². The number of rotatable bonds is 9. The van der Waals surface area contributed by atoms with Crippen LogP contribution in [-0.4, -0.2) is 68.8 Å². The third-order valence-electron chi connectivity index (χ3n) is 6.73. The van der Waals surface area contributed by atoms with E-state index in [1.807, 2.05) is 4.68 Å². The number of fused-ring (bicyclic) bond motifs is 1. The van der Waals surface area contributed by atoms with Crippen LogP contribution in [0.3, 0.4) is 0 Å². The second kappa shape index (κ2) is 10.4. The maximum Gasteiger partial charge on any atom is 0.159 e. The van der Waals surface area contributed by atoms with E-state index in [0.29, 0.717) is 0 Å². The summed E-state index contributed by atoms with van der Waals surface area (Å²) < 4.78 is 28.3. The minimum Gasteiger partial charge on any atom is -0.361 e. The molecule has 0 radical (unpaired) electrons. The third-order valence-corrected chi connectivity index (χ3v) is 6.73. The van der Waals surface area contributed by atoms with Crippen LogP contribution in [0.4, 0.5) is 8.78 Å². The van der Waals surface area contributed by atoms with Crippen molar-refractivity contribution in [3.05, 3.63) is 83.6 Å². The number of aromatic amines is 1. The zero-order valence-electron chi connectivity index (χ0n) is 19.3. The lowest BCUT2D eigenvalue weighted by Gasteiger charge is -2.34. The molecule has 0 saturated carbocycles. The maximum absolute atomic E-state index is 13.4. The van der Waals surface area contributed by atoms with E-state index in [1.54, 1.807) is 18.7 Å². The summed E-state index contributed by atoms with van der Waals surface area (Å²) in [5, 5.41) is 5.49. The summed E-state index contributed by atoms with van der Waals surface area (Å²) in [7, 11) is 0. The van der Waals surface area contributed by atoms with Crippen LogP contribution in [0, 0.1) is 11.6 Å². The predicted octanol–water partition coefficient (Wildman–Crippen LogP) is 3.88. The maximum atomic E-state index is 13.4. The van der Waals surface area contributed by atoms with Gasteiger partial charge in [-0.05, 0) is 66.8 Å². The van der Waals surface area contributed by atoms with Crippen molar-refractivity contribution in [2.24, 2.45) is 0 Å². The summed E-state index contributed by atoms with van der Waals surface area (Å²) >= 11 is 0. The predicted molar refractivity (Wildman–Crippen MR) is 129 cm³/mol. The molecule has 1 aliphatic heterocycles. The highest BCUT2D eigenvalue weighted by Gasteiger charge is 2.17. The van der Waals surface area contributed by atoms with Gasteiger partial charge in [-0.1, -0.05) is 12.1 Å². The van der Waals surface area contributed by atoms with Gasteiger partial charge in [-0.15, -0.1) is 0 Å². The SMILES string of the molecule is Fc1ccc(CCN2CCN(CCCc3c[nH]c4ccc(Cn5cncn5)cc34)CC2)cc1F. The first-order chi connectivity index (χ1) is 16.6. The number of nitrogens with one attached hydrogen (secondary N) is 1. The van der Waals surface area contributed by atoms with E-state index in [0.717, 1.165) is 70.6 Å². The minimum atomic E-state index is -0.780. The largest absolute Gasteiger partial charge is 0.361 e. The third kappa shape index (κ3) is 5.51. The normalized spacial score (nSPS) is 15.4. The zero-order valence-corrected chi connectivity index (χ0v) is 19.3. The molecule has 8 heteroatoms. The van der Waals surface area contributed by atoms with Crippen molar-refractivity contribution in [1.82, 2.24) is 29.5 Å². The van der Waals surface area contributed by atoms with E-state index in [-0.39, 0.29) is 0 Å². The topological polar surface area (TPSA) is 53.0 Å². The number of piperazine rings is 1. The number of aryl methyl sites for hydroxylation is 1. The molecule has 5 rings (SSSR count). The van der Waals surface area contributed by atoms with Crippen LogP contribution in [0.2, 0.25) is 0 Å². The van der Waals surface area contributed by atoms with Crippen molar-refractivity contribution in [3.63, 3.8) is 0 Å². The molecule has 0 unspecified atom stereocenters. The second-order valence-electron chi connectivity index (χ2n) is 9.07. The first-order valence-electron chi connectivity index (χ1n) is 11.9. The van der Waals surface area contributed by atoms with Crippen LogP contribution in [0.25, 0.3) is 10.9 Å². The Morgan fingerprint density at radius 1 is 0.853 bits per heavy atom. The van der Waals surface area contributed by atoms with E-state index in [9.17, 15) is 8.78 Å². The Morgan fingerprint density at radius 2 is 1.65 bits per heavy atom. The van der Waals surface area contributed by atoms with E-state index >= 15 is 0 Å². The number of nitrogens with zero attached hydrogens (tertiary/aromatic N) is 5. The lowest BCUT2D eigenvalue weighted by molar-refractivity contribution is 0.132. The van der Waals surface area contributed by atoms with Gasteiger partial charge in [-0.25, -0.2) is 18.4 Å². The van der Waals surface area contributed by atoms with Gasteiger partial charge in [0.25, 0.3) is 0 Å². The molecule has 4 aromatic rings. The molecule has 0 bridgehead atoms. The summed E-state index contributed by atoms with van der Waals surface area (Å²) in [6, 6.07) is 10.7. The van der Waals surface area contributed by atoms with Crippen molar-refractivity contribution >= 4 is 10.9 Å². The molecule has 34 heavy (non-hydrogen) atoms. The van der Waals surface area contributed by atoms with Gasteiger partial charge in [-0.2, -0.15) is 5.10 Å². The van der Waals surface area contributed by atoms with Crippen molar-refractivity contribution < 1.29 is 8.78 Å². The molecule has 3 heterocycles. The molecule has 0 amide bonds. The minimum absolute atomic E-state index is 0.723. The molecule has 1 aliphatic rings. The van der Waals surface area contributed by atoms with Crippen molar-refractivity contribution in [2.45, 2.75) is 25.8 Å². The quantitative estimate of drug-likeness (QED) is 0.409. The van der Waals surface area contributed by atoms with Gasteiger partial charge < -0.3 is 14.8 Å². The van der Waals surface area contributed by atoms with Gasteiger partial charge in [0.2, 0.25) is 0 Å². The van der Waals surface area contributed by atoms with Gasteiger partial charge in [0.15, 0.2) is 11.6 Å². The molecule has 6 nitrogen and oxygen atoms in total. The number of H-pyrrole nitrogens is 1. The molecular weight excluding hydrogens is 434 g/mol. The molecular formula is C26H30F2N6. The Morgan fingerprint density at radius 3 is 2.41 bits per heavy atom. The first-order valence-corrected chi connectivity index (χ1v) is 11.9. The fraction of sp³-hybridized carbons (Fsp3) is 0.385. The summed E-state index contributed by atoms with van der Waals surface area (Å²) in [6.07, 6.45) is 8.35. The standard InChI is InChI=1S/C26H30F2N6/c27-24-5-3-20(15-25(24)28)7-9-33-12-10-32(11-13-33)8-1-2-22-16-30-26-6-4-21(14-23(22)26)17-34-19-29-18-31-34/h3-6,14-16,18-19,30H,1-2,7-13,17H2. The van der Waals surface area contributed by atoms with Crippen molar-refractivity contribution in [3.8, 4) is 0 Å². The number of hydrogen-bond donors (Lipinski definition) is 1. The van der Waals surface area contributed by atoms with Gasteiger partial charge in [-0.3, -0.25) is 0 Å². The number of halogens is 2. The monoisotopic (exact) mass is 464 g/mol. The molecule has 178 valence electrons. The lowest BCUT2D eigenvalue weighted by Crippen LogP contribution is -2.47. The van der Waals surface area contributed by atoms with Crippen molar-refractivity contribution in [2.75, 3.05) is 39.3 Å². The van der Waals surface area contributed by atoms with E-state index < -0.39 is 11.6 Å². The molecule has 2 aromatic carbocycles. The lowest BCUT2D eigenvalue weighted by atomic mass is 10.1. The molecule has 0 spiro atoms. The summed E-state index contributed by atoms with van der Waals surface area (Å²) in [6.45, 7) is 6.82. The zero-order chi connectivity index (χ0) is 23.3. The Labute approximate surface area is 198 Å². The van der Waals surface area contributed by atoms with Gasteiger partial charge in [0, 0.05) is 49.8 Å². The van der Waals surface area contributed by atoms with Crippen LogP contribution in [0.1, 0.15) is 23.1 Å². The average molecular weight is 465 g/mol. The highest BCUT2D eigenvalue weighted by molar-refractivity contribution is 5.83. The molecule has 1 fully saturated rings. The fourth-order valence-electron chi connectivity index (χ4n) is 4.74. The first kappa shape index (κ1) is 22.7. The summed E-state index contributed by atoms with van der Waals surface area (Å²) in [4.78, 5) is 12.4. The van der Waals surface area contributed by atoms with Crippen molar-refractivity contribution in [1.29, 1.82) is 0 Å². The molecule has 0 atom stereocenters. The van der Waals surface area contributed by atoms with E-state index in [2.05, 4.69) is 49.3 Å². The van der Waals surface area contributed by atoms with Gasteiger partial charge >= 0.3 is 0 Å². The Hall–Kier alpha value is -3.10. The Kier molecular flexibility index (Phi) is 6.97. The van der Waals surface area contributed by atoms with Crippen LogP contribution < -0.4 is 0 Å². The van der Waals surface area contributed by atoms with Gasteiger partial charge in [0.05, 0.1) is 6.54 Å². The highest BCUT2D eigenvalue weighted by atomic mass is 19.2. The number of aromatic nitrogens is 4. The van der Waals surface area contributed by atoms with Crippen LogP contribution in [0.15, 0.2) is 55.2 Å². The molecule has 2 aromatic heterocycles. The highest BCUT2D eigenvalue weighted by Crippen LogP contribution is 2.22. The second-order valence-corrected chi connectivity index (χ2v) is 9.07. The van der Waals surface area contributed by atoms with Crippen LogP contribution in [-0.2, 0) is 19.4 Å². The summed E-state index contributed by atoms with van der Waals surface area (Å²) in [5.41, 5.74) is 4.61. The van der Waals surface area contributed by atoms with E-state index in [1.165, 1.54) is 34.2 Å². The fourth-order valence-corrected chi connectivity index (χ4v) is 4.74. The molecule has 0 aliphatic carbocycles. The average Bonchev–Trinajstić information content (AvgIpc) is 3.51. The number of hydrogen-bond acceptors (Lipinski definition) is 4. The summed E-state index contributed by atoms with van der Waals surface area (Å²) in [5.74, 6) is -1.54. The van der Waals surface area contributed by atoms with Crippen LogP contribution >= 0.6 is 0 Å². The Bertz CT molecular complexity index is 1210. The Balaban J connectivity index is 1.07. The molecule has 1 N–H and O–H groups in total. The molecule has 1 saturated heterocycles. The smallest absolute Gasteiger partial charge is 0.159 e. The number of benzene rings is 2.